The van der Waals surface area contributed by atoms with Crippen molar-refractivity contribution in [2.24, 2.45) is 0 Å². The lowest BCUT2D eigenvalue weighted by molar-refractivity contribution is 0.598. The lowest BCUT2D eigenvalue weighted by Crippen LogP contribution is -2.17. The molecule has 0 amide bonds. The van der Waals surface area contributed by atoms with Crippen LogP contribution >= 0.6 is 0 Å². The van der Waals surface area contributed by atoms with Gasteiger partial charge in [0.2, 0.25) is 0 Å². The van der Waals surface area contributed by atoms with Crippen molar-refractivity contribution in [3.05, 3.63) is 59.2 Å². The largest absolute Gasteiger partial charge is 0.310 e. The number of rotatable bonds is 6. The molecule has 0 fully saturated rings. The van der Waals surface area contributed by atoms with Crippen molar-refractivity contribution >= 4 is 0 Å². The van der Waals surface area contributed by atoms with Crippen LogP contribution in [0.2, 0.25) is 0 Å². The highest BCUT2D eigenvalue weighted by atomic mass is 14.9. The van der Waals surface area contributed by atoms with E-state index >= 15 is 0 Å². The monoisotopic (exact) mass is 281 g/mol. The van der Waals surface area contributed by atoms with Gasteiger partial charge in [0.1, 0.15) is 0 Å². The maximum absolute atomic E-state index is 3.46. The first-order valence-electron chi connectivity index (χ1n) is 8.15. The number of aryl methyl sites for hydroxylation is 2. The minimum atomic E-state index is 0.414. The Morgan fingerprint density at radius 1 is 0.905 bits per heavy atom. The summed E-state index contributed by atoms with van der Waals surface area (Å²) in [5, 5.41) is 3.46. The Morgan fingerprint density at radius 3 is 2.19 bits per heavy atom. The van der Waals surface area contributed by atoms with Gasteiger partial charge in [-0.25, -0.2) is 0 Å². The predicted octanol–water partition coefficient (Wildman–Crippen LogP) is 5.15. The molecular weight excluding hydrogens is 254 g/mol. The normalized spacial score (nSPS) is 12.4. The Hall–Kier alpha value is -1.60. The molecule has 0 saturated heterocycles. The smallest absolute Gasteiger partial charge is 0.0291 e. The van der Waals surface area contributed by atoms with Gasteiger partial charge < -0.3 is 5.32 Å². The molecule has 0 bridgehead atoms. The summed E-state index contributed by atoms with van der Waals surface area (Å²) in [6.07, 6.45) is 2.17. The van der Waals surface area contributed by atoms with E-state index in [1.54, 1.807) is 0 Å². The van der Waals surface area contributed by atoms with E-state index in [2.05, 4.69) is 75.5 Å². The molecule has 0 heterocycles. The molecule has 2 aromatic rings. The van der Waals surface area contributed by atoms with Crippen molar-refractivity contribution in [3.8, 4) is 11.1 Å². The predicted molar refractivity (Wildman–Crippen MR) is 92.7 cm³/mol. The van der Waals surface area contributed by atoms with E-state index in [4.69, 9.17) is 0 Å². The number of hydrogen-bond acceptors (Lipinski definition) is 1. The molecule has 21 heavy (non-hydrogen) atoms. The zero-order valence-corrected chi connectivity index (χ0v) is 13.7. The van der Waals surface area contributed by atoms with Crippen LogP contribution in [0.4, 0.5) is 0 Å². The average molecular weight is 281 g/mol. The van der Waals surface area contributed by atoms with Crippen molar-refractivity contribution in [1.29, 1.82) is 0 Å². The molecule has 112 valence electrons. The first kappa shape index (κ1) is 15.8. The van der Waals surface area contributed by atoms with Gasteiger partial charge in [0, 0.05) is 6.04 Å². The molecular formula is C20H27N. The SMILES string of the molecule is CCNC(C)c1ccc(-c2cc(CC)ccc2CC)cc1. The maximum Gasteiger partial charge on any atom is 0.0291 e. The highest BCUT2D eigenvalue weighted by molar-refractivity contribution is 5.68. The van der Waals surface area contributed by atoms with Gasteiger partial charge in [-0.2, -0.15) is 0 Å². The Balaban J connectivity index is 2.33. The topological polar surface area (TPSA) is 12.0 Å². The third kappa shape index (κ3) is 3.74. The van der Waals surface area contributed by atoms with Crippen molar-refractivity contribution in [3.63, 3.8) is 0 Å². The summed E-state index contributed by atoms with van der Waals surface area (Å²) in [5.41, 5.74) is 6.91. The molecule has 1 unspecified atom stereocenters. The Morgan fingerprint density at radius 2 is 1.62 bits per heavy atom. The van der Waals surface area contributed by atoms with E-state index in [-0.39, 0.29) is 0 Å². The summed E-state index contributed by atoms with van der Waals surface area (Å²) in [5.74, 6) is 0. The van der Waals surface area contributed by atoms with Gasteiger partial charge in [0.05, 0.1) is 0 Å². The zero-order valence-electron chi connectivity index (χ0n) is 13.7. The van der Waals surface area contributed by atoms with Gasteiger partial charge in [-0.1, -0.05) is 63.2 Å². The molecule has 0 aliphatic carbocycles. The molecule has 2 aromatic carbocycles. The van der Waals surface area contributed by atoms with Crippen LogP contribution in [0.1, 0.15) is 50.4 Å². The van der Waals surface area contributed by atoms with E-state index in [1.807, 2.05) is 0 Å². The molecule has 0 aromatic heterocycles. The Kier molecular flexibility index (Phi) is 5.58. The van der Waals surface area contributed by atoms with Crippen LogP contribution in [0, 0.1) is 0 Å². The summed E-state index contributed by atoms with van der Waals surface area (Å²) in [6, 6.07) is 16.3. The summed E-state index contributed by atoms with van der Waals surface area (Å²) >= 11 is 0. The second-order valence-corrected chi connectivity index (χ2v) is 5.60. The highest BCUT2D eigenvalue weighted by Crippen LogP contribution is 2.27. The van der Waals surface area contributed by atoms with Gasteiger partial charge >= 0.3 is 0 Å². The van der Waals surface area contributed by atoms with Crippen molar-refractivity contribution in [2.75, 3.05) is 6.54 Å². The quantitative estimate of drug-likeness (QED) is 0.772. The van der Waals surface area contributed by atoms with Gasteiger partial charge in [-0.05, 0) is 54.1 Å². The standard InChI is InChI=1S/C20H27N/c1-5-16-8-9-17(6-2)20(14-16)19-12-10-18(11-13-19)15(4)21-7-3/h8-15,21H,5-7H2,1-4H3. The highest BCUT2D eigenvalue weighted by Gasteiger charge is 2.07. The fraction of sp³-hybridized carbons (Fsp3) is 0.400. The molecule has 1 N–H and O–H groups in total. The van der Waals surface area contributed by atoms with E-state index in [0.717, 1.165) is 19.4 Å². The summed E-state index contributed by atoms with van der Waals surface area (Å²) < 4.78 is 0. The molecule has 2 rings (SSSR count). The van der Waals surface area contributed by atoms with E-state index < -0.39 is 0 Å². The van der Waals surface area contributed by atoms with Crippen LogP contribution in [-0.2, 0) is 12.8 Å². The molecule has 1 atom stereocenters. The number of benzene rings is 2. The van der Waals surface area contributed by atoms with E-state index in [1.165, 1.54) is 27.8 Å². The third-order valence-electron chi connectivity index (χ3n) is 4.20. The van der Waals surface area contributed by atoms with Crippen molar-refractivity contribution in [1.82, 2.24) is 5.32 Å². The second-order valence-electron chi connectivity index (χ2n) is 5.60. The molecule has 0 radical (unpaired) electrons. The van der Waals surface area contributed by atoms with Gasteiger partial charge in [0.25, 0.3) is 0 Å². The summed E-state index contributed by atoms with van der Waals surface area (Å²) in [7, 11) is 0. The molecule has 0 spiro atoms. The van der Waals surface area contributed by atoms with Crippen LogP contribution in [0.3, 0.4) is 0 Å². The lowest BCUT2D eigenvalue weighted by atomic mass is 9.94. The minimum Gasteiger partial charge on any atom is -0.310 e. The van der Waals surface area contributed by atoms with Crippen LogP contribution in [0.15, 0.2) is 42.5 Å². The zero-order chi connectivity index (χ0) is 15.2. The second kappa shape index (κ2) is 7.42. The Labute approximate surface area is 129 Å². The third-order valence-corrected chi connectivity index (χ3v) is 4.20. The van der Waals surface area contributed by atoms with Crippen molar-refractivity contribution < 1.29 is 0 Å². The molecule has 0 saturated carbocycles. The first-order chi connectivity index (χ1) is 10.2. The van der Waals surface area contributed by atoms with Gasteiger partial charge in [-0.15, -0.1) is 0 Å². The van der Waals surface area contributed by atoms with Crippen LogP contribution < -0.4 is 5.32 Å². The first-order valence-corrected chi connectivity index (χ1v) is 8.15. The fourth-order valence-electron chi connectivity index (χ4n) is 2.80. The lowest BCUT2D eigenvalue weighted by Gasteiger charge is -2.15. The van der Waals surface area contributed by atoms with E-state index in [9.17, 15) is 0 Å². The van der Waals surface area contributed by atoms with Crippen molar-refractivity contribution in [2.45, 2.75) is 46.6 Å². The molecule has 1 nitrogen and oxygen atoms in total. The summed E-state index contributed by atoms with van der Waals surface area (Å²) in [6.45, 7) is 9.81. The molecule has 0 aliphatic rings. The molecule has 1 heteroatoms. The summed E-state index contributed by atoms with van der Waals surface area (Å²) in [4.78, 5) is 0. The minimum absolute atomic E-state index is 0.414. The van der Waals surface area contributed by atoms with Crippen LogP contribution in [0.5, 0.6) is 0 Å². The van der Waals surface area contributed by atoms with Crippen LogP contribution in [0.25, 0.3) is 11.1 Å². The molecule has 0 aliphatic heterocycles. The van der Waals surface area contributed by atoms with E-state index in [0.29, 0.717) is 6.04 Å². The van der Waals surface area contributed by atoms with Gasteiger partial charge in [0.15, 0.2) is 0 Å². The van der Waals surface area contributed by atoms with Gasteiger partial charge in [-0.3, -0.25) is 0 Å². The number of hydrogen-bond donors (Lipinski definition) is 1. The Bertz CT molecular complexity index is 569. The maximum atomic E-state index is 3.46. The average Bonchev–Trinajstić information content (AvgIpc) is 2.54. The number of nitrogens with one attached hydrogen (secondary N) is 1. The van der Waals surface area contributed by atoms with Crippen LogP contribution in [-0.4, -0.2) is 6.54 Å². The fourth-order valence-corrected chi connectivity index (χ4v) is 2.80.